The van der Waals surface area contributed by atoms with Crippen molar-refractivity contribution in [1.82, 2.24) is 9.78 Å². The predicted molar refractivity (Wildman–Crippen MR) is 81.6 cm³/mol. The number of hydrogen-bond acceptors (Lipinski definition) is 3. The summed E-state index contributed by atoms with van der Waals surface area (Å²) in [6, 6.07) is 5.74. The van der Waals surface area contributed by atoms with Crippen molar-refractivity contribution in [3.05, 3.63) is 59.0 Å². The van der Waals surface area contributed by atoms with Crippen molar-refractivity contribution in [2.75, 3.05) is 7.11 Å². The number of ether oxygens (including phenoxy) is 1. The molecule has 4 nitrogen and oxygen atoms in total. The van der Waals surface area contributed by atoms with Crippen molar-refractivity contribution in [1.29, 1.82) is 0 Å². The second-order valence-electron chi connectivity index (χ2n) is 4.24. The number of methoxy groups -OCH3 is 1. The molecular formula is C16H16N2O2. The highest BCUT2D eigenvalue weighted by Gasteiger charge is 2.15. The molecule has 0 amide bonds. The first-order chi connectivity index (χ1) is 9.63. The number of aromatic nitrogens is 2. The van der Waals surface area contributed by atoms with E-state index in [9.17, 15) is 4.79 Å². The maximum absolute atomic E-state index is 12.1. The van der Waals surface area contributed by atoms with Gasteiger partial charge in [0.15, 0.2) is 5.75 Å². The molecule has 0 unspecified atom stereocenters. The molecule has 0 spiro atoms. The van der Waals surface area contributed by atoms with E-state index in [1.54, 1.807) is 25.4 Å². The van der Waals surface area contributed by atoms with Crippen LogP contribution in [0.15, 0.2) is 42.3 Å². The third-order valence-corrected chi connectivity index (χ3v) is 3.15. The van der Waals surface area contributed by atoms with Crippen LogP contribution in [-0.2, 0) is 7.05 Å². The van der Waals surface area contributed by atoms with E-state index in [0.29, 0.717) is 5.56 Å². The van der Waals surface area contributed by atoms with E-state index in [4.69, 9.17) is 4.74 Å². The van der Waals surface area contributed by atoms with Gasteiger partial charge in [-0.1, -0.05) is 43.5 Å². The summed E-state index contributed by atoms with van der Waals surface area (Å²) in [6.45, 7) is 7.62. The van der Waals surface area contributed by atoms with Crippen molar-refractivity contribution in [3.8, 4) is 16.9 Å². The zero-order valence-electron chi connectivity index (χ0n) is 11.6. The Balaban J connectivity index is 2.82. The highest BCUT2D eigenvalue weighted by atomic mass is 16.5. The minimum atomic E-state index is -0.274. The quantitative estimate of drug-likeness (QED) is 0.856. The van der Waals surface area contributed by atoms with Crippen molar-refractivity contribution in [2.45, 2.75) is 0 Å². The zero-order valence-corrected chi connectivity index (χ0v) is 11.6. The molecule has 4 heteroatoms. The Morgan fingerprint density at radius 2 is 2.00 bits per heavy atom. The van der Waals surface area contributed by atoms with Crippen LogP contribution in [0.4, 0.5) is 0 Å². The summed E-state index contributed by atoms with van der Waals surface area (Å²) in [6.07, 6.45) is 5.11. The van der Waals surface area contributed by atoms with Gasteiger partial charge in [0.1, 0.15) is 0 Å². The van der Waals surface area contributed by atoms with Crippen LogP contribution in [0.3, 0.4) is 0 Å². The molecule has 1 aromatic heterocycles. The van der Waals surface area contributed by atoms with Crippen LogP contribution >= 0.6 is 0 Å². The molecule has 0 saturated carbocycles. The Morgan fingerprint density at radius 3 is 2.60 bits per heavy atom. The van der Waals surface area contributed by atoms with Gasteiger partial charge in [-0.2, -0.15) is 5.10 Å². The second kappa shape index (κ2) is 5.57. The smallest absolute Gasteiger partial charge is 0.309 e. The summed E-state index contributed by atoms with van der Waals surface area (Å²) in [5.41, 5.74) is 3.06. The molecule has 0 aliphatic heterocycles. The van der Waals surface area contributed by atoms with Crippen molar-refractivity contribution in [2.24, 2.45) is 7.05 Å². The lowest BCUT2D eigenvalue weighted by molar-refractivity contribution is 0.402. The lowest BCUT2D eigenvalue weighted by Crippen LogP contribution is -2.21. The van der Waals surface area contributed by atoms with Gasteiger partial charge in [0.25, 0.3) is 0 Å². The standard InChI is InChI=1S/C16H16N2O2/c1-5-11-8-7-9-13(12(11)6-2)14-10-17-18(3)16(19)15(14)20-4/h5-10H,1-2H2,3-4H3. The molecule has 1 aromatic carbocycles. The zero-order chi connectivity index (χ0) is 14.7. The lowest BCUT2D eigenvalue weighted by Gasteiger charge is -2.13. The van der Waals surface area contributed by atoms with Gasteiger partial charge in [0.05, 0.1) is 18.9 Å². The van der Waals surface area contributed by atoms with Gasteiger partial charge in [0, 0.05) is 7.05 Å². The molecule has 0 saturated heterocycles. The first kappa shape index (κ1) is 13.8. The summed E-state index contributed by atoms with van der Waals surface area (Å²) in [5.74, 6) is 0.270. The van der Waals surface area contributed by atoms with Crippen molar-refractivity contribution < 1.29 is 4.74 Å². The van der Waals surface area contributed by atoms with Gasteiger partial charge in [0.2, 0.25) is 0 Å². The van der Waals surface area contributed by atoms with E-state index < -0.39 is 0 Å². The normalized spacial score (nSPS) is 10.1. The Bertz CT molecular complexity index is 730. The molecule has 0 fully saturated rings. The molecule has 0 radical (unpaired) electrons. The number of hydrogen-bond donors (Lipinski definition) is 0. The highest BCUT2D eigenvalue weighted by molar-refractivity contribution is 5.82. The topological polar surface area (TPSA) is 44.1 Å². The fraction of sp³-hybridized carbons (Fsp3) is 0.125. The SMILES string of the molecule is C=Cc1cccc(-c2cnn(C)c(=O)c2OC)c1C=C. The maximum atomic E-state index is 12.1. The van der Waals surface area contributed by atoms with Gasteiger partial charge in [-0.3, -0.25) is 4.79 Å². The van der Waals surface area contributed by atoms with E-state index in [1.807, 2.05) is 18.2 Å². The third kappa shape index (κ3) is 2.16. The molecule has 102 valence electrons. The number of rotatable bonds is 4. The van der Waals surface area contributed by atoms with Gasteiger partial charge in [-0.15, -0.1) is 0 Å². The molecular weight excluding hydrogens is 252 g/mol. The van der Waals surface area contributed by atoms with Gasteiger partial charge < -0.3 is 4.74 Å². The number of nitrogens with zero attached hydrogens (tertiary/aromatic N) is 2. The van der Waals surface area contributed by atoms with Crippen LogP contribution in [0.25, 0.3) is 23.3 Å². The Kier molecular flexibility index (Phi) is 3.84. The molecule has 0 N–H and O–H groups in total. The molecule has 1 heterocycles. The van der Waals surface area contributed by atoms with Crippen LogP contribution in [0.2, 0.25) is 0 Å². The minimum Gasteiger partial charge on any atom is -0.491 e. The largest absolute Gasteiger partial charge is 0.491 e. The first-order valence-corrected chi connectivity index (χ1v) is 6.12. The van der Waals surface area contributed by atoms with Gasteiger partial charge in [-0.05, 0) is 16.7 Å². The molecule has 0 bridgehead atoms. The summed E-state index contributed by atoms with van der Waals surface area (Å²) in [4.78, 5) is 12.1. The van der Waals surface area contributed by atoms with Crippen LogP contribution in [0.5, 0.6) is 5.75 Å². The van der Waals surface area contributed by atoms with E-state index >= 15 is 0 Å². The molecule has 20 heavy (non-hydrogen) atoms. The van der Waals surface area contributed by atoms with Gasteiger partial charge in [-0.25, -0.2) is 4.68 Å². The van der Waals surface area contributed by atoms with E-state index in [0.717, 1.165) is 16.7 Å². The number of benzene rings is 1. The molecule has 2 aromatic rings. The van der Waals surface area contributed by atoms with E-state index in [1.165, 1.54) is 11.8 Å². The summed E-state index contributed by atoms with van der Waals surface area (Å²) in [7, 11) is 3.06. The fourth-order valence-electron chi connectivity index (χ4n) is 2.13. The molecule has 0 atom stereocenters. The summed E-state index contributed by atoms with van der Waals surface area (Å²) in [5, 5.41) is 4.06. The monoisotopic (exact) mass is 268 g/mol. The van der Waals surface area contributed by atoms with Gasteiger partial charge >= 0.3 is 5.56 Å². The maximum Gasteiger partial charge on any atom is 0.309 e. The van der Waals surface area contributed by atoms with Crippen molar-refractivity contribution in [3.63, 3.8) is 0 Å². The van der Waals surface area contributed by atoms with Crippen LogP contribution in [0, 0.1) is 0 Å². The molecule has 0 aliphatic carbocycles. The summed E-state index contributed by atoms with van der Waals surface area (Å²) >= 11 is 0. The predicted octanol–water partition coefficient (Wildman–Crippen LogP) is 2.74. The Hall–Kier alpha value is -2.62. The minimum absolute atomic E-state index is 0.270. The lowest BCUT2D eigenvalue weighted by atomic mass is 9.96. The van der Waals surface area contributed by atoms with E-state index in [-0.39, 0.29) is 11.3 Å². The fourth-order valence-corrected chi connectivity index (χ4v) is 2.13. The second-order valence-corrected chi connectivity index (χ2v) is 4.24. The first-order valence-electron chi connectivity index (χ1n) is 6.12. The average Bonchev–Trinajstić information content (AvgIpc) is 2.48. The van der Waals surface area contributed by atoms with Crippen LogP contribution < -0.4 is 10.3 Å². The van der Waals surface area contributed by atoms with E-state index in [2.05, 4.69) is 18.3 Å². The number of aryl methyl sites for hydroxylation is 1. The van der Waals surface area contributed by atoms with Crippen LogP contribution in [0.1, 0.15) is 11.1 Å². The Morgan fingerprint density at radius 1 is 1.25 bits per heavy atom. The molecule has 2 rings (SSSR count). The Labute approximate surface area is 117 Å². The highest BCUT2D eigenvalue weighted by Crippen LogP contribution is 2.31. The van der Waals surface area contributed by atoms with Crippen LogP contribution in [-0.4, -0.2) is 16.9 Å². The average molecular weight is 268 g/mol. The van der Waals surface area contributed by atoms with Crippen molar-refractivity contribution >= 4 is 12.2 Å². The summed E-state index contributed by atoms with van der Waals surface area (Å²) < 4.78 is 6.49. The molecule has 0 aliphatic rings. The third-order valence-electron chi connectivity index (χ3n) is 3.15.